The zero-order valence-corrected chi connectivity index (χ0v) is 8.91. The lowest BCUT2D eigenvalue weighted by Crippen LogP contribution is -2.57. The highest BCUT2D eigenvalue weighted by molar-refractivity contribution is 5.83. The van der Waals surface area contributed by atoms with Gasteiger partial charge in [-0.15, -0.1) is 0 Å². The van der Waals surface area contributed by atoms with Gasteiger partial charge in [0.05, 0.1) is 0 Å². The highest BCUT2D eigenvalue weighted by Gasteiger charge is 2.27. The molecule has 5 nitrogen and oxygen atoms in total. The summed E-state index contributed by atoms with van der Waals surface area (Å²) in [5, 5.41) is 3.10. The van der Waals surface area contributed by atoms with Crippen LogP contribution in [0.4, 0.5) is 0 Å². The van der Waals surface area contributed by atoms with Gasteiger partial charge in [-0.25, -0.2) is 0 Å². The Morgan fingerprint density at radius 2 is 2.07 bits per heavy atom. The maximum atomic E-state index is 11.6. The van der Waals surface area contributed by atoms with Gasteiger partial charge < -0.3 is 15.1 Å². The summed E-state index contributed by atoms with van der Waals surface area (Å²) in [4.78, 5) is 25.9. The van der Waals surface area contributed by atoms with Crippen molar-refractivity contribution in [1.82, 2.24) is 15.1 Å². The minimum Gasteiger partial charge on any atom is -0.347 e. The van der Waals surface area contributed by atoms with Crippen molar-refractivity contribution in [2.75, 3.05) is 33.7 Å². The summed E-state index contributed by atoms with van der Waals surface area (Å²) in [5.74, 6) is 0.0546. The largest absolute Gasteiger partial charge is 0.347 e. The molecule has 0 bridgehead atoms. The average Bonchev–Trinajstić information content (AvgIpc) is 2.16. The fourth-order valence-electron chi connectivity index (χ4n) is 1.51. The Morgan fingerprint density at radius 3 is 2.57 bits per heavy atom. The van der Waals surface area contributed by atoms with Gasteiger partial charge in [0.15, 0.2) is 0 Å². The number of amides is 2. The van der Waals surface area contributed by atoms with Gasteiger partial charge in [0.25, 0.3) is 0 Å². The second-order valence-electron chi connectivity index (χ2n) is 3.70. The molecule has 0 unspecified atom stereocenters. The van der Waals surface area contributed by atoms with E-state index in [0.717, 1.165) is 0 Å². The minimum atomic E-state index is -0.248. The number of carbonyl (C=O) groups excluding carboxylic acids is 2. The van der Waals surface area contributed by atoms with E-state index in [1.54, 1.807) is 23.9 Å². The topological polar surface area (TPSA) is 52.7 Å². The number of likely N-dealkylation sites (N-methyl/N-ethyl adjacent to an activating group) is 1. The van der Waals surface area contributed by atoms with Crippen molar-refractivity contribution in [1.29, 1.82) is 0 Å². The average molecular weight is 199 g/mol. The number of nitrogens with one attached hydrogen (secondary N) is 1. The van der Waals surface area contributed by atoms with Crippen molar-refractivity contribution in [2.24, 2.45) is 0 Å². The van der Waals surface area contributed by atoms with Crippen LogP contribution in [0.15, 0.2) is 0 Å². The molecule has 0 aromatic carbocycles. The lowest BCUT2D eigenvalue weighted by molar-refractivity contribution is -0.135. The highest BCUT2D eigenvalue weighted by Crippen LogP contribution is 2.01. The van der Waals surface area contributed by atoms with Crippen LogP contribution in [0.3, 0.4) is 0 Å². The Hall–Kier alpha value is -1.10. The predicted molar refractivity (Wildman–Crippen MR) is 52.7 cm³/mol. The highest BCUT2D eigenvalue weighted by atomic mass is 16.2. The molecular weight excluding hydrogens is 182 g/mol. The number of rotatable bonds is 1. The van der Waals surface area contributed by atoms with Crippen molar-refractivity contribution in [3.63, 3.8) is 0 Å². The zero-order valence-electron chi connectivity index (χ0n) is 8.91. The number of hydrogen-bond donors (Lipinski definition) is 1. The first-order valence-corrected chi connectivity index (χ1v) is 4.72. The molecule has 2 amide bonds. The molecule has 1 atom stereocenters. The van der Waals surface area contributed by atoms with Crippen LogP contribution in [-0.4, -0.2) is 61.4 Å². The SMILES string of the molecule is CC(=O)N1CCN[C@@H](C(=O)N(C)C)C1. The van der Waals surface area contributed by atoms with E-state index < -0.39 is 0 Å². The summed E-state index contributed by atoms with van der Waals surface area (Å²) in [6, 6.07) is -0.248. The number of hydrogen-bond acceptors (Lipinski definition) is 3. The van der Waals surface area contributed by atoms with Gasteiger partial charge >= 0.3 is 0 Å². The lowest BCUT2D eigenvalue weighted by Gasteiger charge is -2.33. The Kier molecular flexibility index (Phi) is 3.46. The fraction of sp³-hybridized carbons (Fsp3) is 0.778. The Labute approximate surface area is 84.0 Å². The molecule has 0 radical (unpaired) electrons. The summed E-state index contributed by atoms with van der Waals surface area (Å²) in [7, 11) is 3.44. The third-order valence-electron chi connectivity index (χ3n) is 2.36. The van der Waals surface area contributed by atoms with Crippen LogP contribution in [0, 0.1) is 0 Å². The molecule has 1 saturated heterocycles. The first-order valence-electron chi connectivity index (χ1n) is 4.72. The molecule has 1 aliphatic heterocycles. The normalized spacial score (nSPS) is 21.9. The smallest absolute Gasteiger partial charge is 0.241 e. The van der Waals surface area contributed by atoms with Gasteiger partial charge in [0, 0.05) is 40.7 Å². The van der Waals surface area contributed by atoms with Crippen LogP contribution in [0.1, 0.15) is 6.92 Å². The predicted octanol–water partition coefficient (Wildman–Crippen LogP) is -1.11. The molecule has 1 rings (SSSR count). The molecule has 0 aromatic rings. The molecule has 1 heterocycles. The van der Waals surface area contributed by atoms with Crippen LogP contribution in [0.25, 0.3) is 0 Å². The number of carbonyl (C=O) groups is 2. The van der Waals surface area contributed by atoms with Crippen molar-refractivity contribution in [3.05, 3.63) is 0 Å². The molecule has 14 heavy (non-hydrogen) atoms. The maximum Gasteiger partial charge on any atom is 0.241 e. The van der Waals surface area contributed by atoms with Crippen LogP contribution in [-0.2, 0) is 9.59 Å². The second kappa shape index (κ2) is 4.41. The van der Waals surface area contributed by atoms with Crippen LogP contribution < -0.4 is 5.32 Å². The summed E-state index contributed by atoms with van der Waals surface area (Å²) in [6.07, 6.45) is 0. The minimum absolute atomic E-state index is 0.0240. The third-order valence-corrected chi connectivity index (χ3v) is 2.36. The van der Waals surface area contributed by atoms with E-state index in [1.165, 1.54) is 6.92 Å². The van der Waals surface area contributed by atoms with Crippen molar-refractivity contribution < 1.29 is 9.59 Å². The van der Waals surface area contributed by atoms with Crippen LogP contribution >= 0.6 is 0 Å². The number of nitrogens with zero attached hydrogens (tertiary/aromatic N) is 2. The van der Waals surface area contributed by atoms with Crippen LogP contribution in [0.2, 0.25) is 0 Å². The maximum absolute atomic E-state index is 11.6. The zero-order chi connectivity index (χ0) is 10.7. The first-order chi connectivity index (χ1) is 6.52. The Balaban J connectivity index is 2.56. The molecule has 80 valence electrons. The molecule has 5 heteroatoms. The van der Waals surface area contributed by atoms with Crippen molar-refractivity contribution in [3.8, 4) is 0 Å². The van der Waals surface area contributed by atoms with Gasteiger partial charge in [0.2, 0.25) is 11.8 Å². The quantitative estimate of drug-likeness (QED) is 0.583. The monoisotopic (exact) mass is 199 g/mol. The van der Waals surface area contributed by atoms with E-state index >= 15 is 0 Å². The lowest BCUT2D eigenvalue weighted by atomic mass is 10.2. The Bertz CT molecular complexity index is 240. The molecule has 1 fully saturated rings. The molecule has 1 N–H and O–H groups in total. The first kappa shape index (κ1) is 11.0. The second-order valence-corrected chi connectivity index (χ2v) is 3.70. The molecule has 0 aromatic heterocycles. The third kappa shape index (κ3) is 2.45. The van der Waals surface area contributed by atoms with Crippen molar-refractivity contribution in [2.45, 2.75) is 13.0 Å². The van der Waals surface area contributed by atoms with Gasteiger partial charge in [-0.3, -0.25) is 9.59 Å². The van der Waals surface area contributed by atoms with E-state index in [0.29, 0.717) is 19.6 Å². The summed E-state index contributed by atoms with van der Waals surface area (Å²) >= 11 is 0. The van der Waals surface area contributed by atoms with E-state index in [1.807, 2.05) is 0 Å². The van der Waals surface area contributed by atoms with E-state index in [4.69, 9.17) is 0 Å². The Morgan fingerprint density at radius 1 is 1.43 bits per heavy atom. The number of piperazine rings is 1. The van der Waals surface area contributed by atoms with E-state index in [-0.39, 0.29) is 17.9 Å². The molecule has 1 aliphatic rings. The molecular formula is C9H17N3O2. The summed E-state index contributed by atoms with van der Waals surface area (Å²) < 4.78 is 0. The molecule has 0 spiro atoms. The summed E-state index contributed by atoms with van der Waals surface area (Å²) in [5.41, 5.74) is 0. The summed E-state index contributed by atoms with van der Waals surface area (Å²) in [6.45, 7) is 3.38. The molecule has 0 aliphatic carbocycles. The van der Waals surface area contributed by atoms with Crippen LogP contribution in [0.5, 0.6) is 0 Å². The van der Waals surface area contributed by atoms with Crippen molar-refractivity contribution >= 4 is 11.8 Å². The van der Waals surface area contributed by atoms with Gasteiger partial charge in [0.1, 0.15) is 6.04 Å². The van der Waals surface area contributed by atoms with Gasteiger partial charge in [-0.05, 0) is 0 Å². The van der Waals surface area contributed by atoms with Gasteiger partial charge in [-0.1, -0.05) is 0 Å². The fourth-order valence-corrected chi connectivity index (χ4v) is 1.51. The molecule has 0 saturated carbocycles. The standard InChI is InChI=1S/C9H17N3O2/c1-7(13)12-5-4-10-8(6-12)9(14)11(2)3/h8,10H,4-6H2,1-3H3/t8-/m1/s1. The van der Waals surface area contributed by atoms with E-state index in [2.05, 4.69) is 5.32 Å². The van der Waals surface area contributed by atoms with Gasteiger partial charge in [-0.2, -0.15) is 0 Å². The van der Waals surface area contributed by atoms with E-state index in [9.17, 15) is 9.59 Å².